The fourth-order valence-electron chi connectivity index (χ4n) is 3.87. The Labute approximate surface area is 193 Å². The van der Waals surface area contributed by atoms with Gasteiger partial charge in [0.25, 0.3) is 0 Å². The van der Waals surface area contributed by atoms with Crippen molar-refractivity contribution in [3.05, 3.63) is 39.8 Å². The highest BCUT2D eigenvalue weighted by molar-refractivity contribution is 14.1. The van der Waals surface area contributed by atoms with Gasteiger partial charge in [-0.2, -0.15) is 5.10 Å². The molecule has 0 bridgehead atoms. The largest absolute Gasteiger partial charge is 0.469 e. The third kappa shape index (κ3) is 3.71. The Bertz CT molecular complexity index is 1150. The van der Waals surface area contributed by atoms with Gasteiger partial charge in [0, 0.05) is 47.2 Å². The summed E-state index contributed by atoms with van der Waals surface area (Å²) in [5.41, 5.74) is 5.63. The van der Waals surface area contributed by atoms with E-state index >= 15 is 0 Å². The molecule has 0 radical (unpaired) electrons. The van der Waals surface area contributed by atoms with E-state index in [2.05, 4.69) is 27.7 Å². The first-order valence-corrected chi connectivity index (χ1v) is 11.2. The standard InChI is InChI=1S/C21H23ClIN3O4/c1-11-17(15(10-23)24-26(11)3)18-14(22)8-6-12-13(7-9-16(27)29-4)20(21(28)30-5)25(2)19(12)18/h6,8H,7,9-10H2,1-5H3. The number of ether oxygens (including phenoxy) is 2. The maximum absolute atomic E-state index is 12.7. The molecule has 0 unspecified atom stereocenters. The minimum Gasteiger partial charge on any atom is -0.469 e. The zero-order valence-electron chi connectivity index (χ0n) is 17.5. The molecular weight excluding hydrogens is 521 g/mol. The molecule has 0 aliphatic heterocycles. The molecule has 0 aliphatic carbocycles. The van der Waals surface area contributed by atoms with Gasteiger partial charge in [0.2, 0.25) is 0 Å². The van der Waals surface area contributed by atoms with E-state index in [-0.39, 0.29) is 12.4 Å². The molecule has 1 aromatic carbocycles. The Kier molecular flexibility index (Phi) is 6.76. The summed E-state index contributed by atoms with van der Waals surface area (Å²) in [4.78, 5) is 24.4. The van der Waals surface area contributed by atoms with E-state index in [4.69, 9.17) is 21.1 Å². The number of methoxy groups -OCH3 is 2. The highest BCUT2D eigenvalue weighted by atomic mass is 127. The maximum atomic E-state index is 12.7. The third-order valence-corrected chi connectivity index (χ3v) is 6.41. The van der Waals surface area contributed by atoms with Crippen LogP contribution in [0.1, 0.15) is 33.9 Å². The Balaban J connectivity index is 2.39. The van der Waals surface area contributed by atoms with E-state index in [9.17, 15) is 9.59 Å². The summed E-state index contributed by atoms with van der Waals surface area (Å²) in [6.07, 6.45) is 0.503. The summed E-state index contributed by atoms with van der Waals surface area (Å²) in [6.45, 7) is 2.00. The molecule has 160 valence electrons. The van der Waals surface area contributed by atoms with E-state index in [1.807, 2.05) is 37.8 Å². The first-order chi connectivity index (χ1) is 14.3. The quantitative estimate of drug-likeness (QED) is 0.262. The van der Waals surface area contributed by atoms with Gasteiger partial charge in [0.1, 0.15) is 5.69 Å². The predicted molar refractivity (Wildman–Crippen MR) is 124 cm³/mol. The number of aromatic nitrogens is 3. The number of nitrogens with zero attached hydrogens (tertiary/aromatic N) is 3. The van der Waals surface area contributed by atoms with E-state index in [0.717, 1.165) is 39.0 Å². The van der Waals surface area contributed by atoms with Crippen molar-refractivity contribution in [1.82, 2.24) is 14.3 Å². The van der Waals surface area contributed by atoms with Crippen molar-refractivity contribution in [1.29, 1.82) is 0 Å². The molecule has 0 aliphatic rings. The number of hydrogen-bond acceptors (Lipinski definition) is 5. The molecule has 0 saturated heterocycles. The van der Waals surface area contributed by atoms with Crippen LogP contribution < -0.4 is 0 Å². The van der Waals surface area contributed by atoms with Crippen LogP contribution in [0.3, 0.4) is 0 Å². The van der Waals surface area contributed by atoms with Crippen LogP contribution >= 0.6 is 34.2 Å². The molecule has 9 heteroatoms. The second kappa shape index (κ2) is 8.97. The number of aryl methyl sites for hydroxylation is 3. The lowest BCUT2D eigenvalue weighted by molar-refractivity contribution is -0.140. The van der Waals surface area contributed by atoms with E-state index in [0.29, 0.717) is 21.6 Å². The molecule has 2 aromatic heterocycles. The lowest BCUT2D eigenvalue weighted by Gasteiger charge is -2.11. The Morgan fingerprint density at radius 3 is 2.47 bits per heavy atom. The van der Waals surface area contributed by atoms with Gasteiger partial charge >= 0.3 is 11.9 Å². The minimum atomic E-state index is -0.465. The summed E-state index contributed by atoms with van der Waals surface area (Å²) in [6, 6.07) is 3.71. The van der Waals surface area contributed by atoms with Crippen LogP contribution in [0.5, 0.6) is 0 Å². The lowest BCUT2D eigenvalue weighted by Crippen LogP contribution is -2.11. The Hall–Kier alpha value is -2.07. The molecule has 0 spiro atoms. The fraction of sp³-hybridized carbons (Fsp3) is 0.381. The van der Waals surface area contributed by atoms with Crippen LogP contribution in [-0.2, 0) is 39.2 Å². The van der Waals surface area contributed by atoms with Crippen LogP contribution in [0.25, 0.3) is 22.0 Å². The SMILES string of the molecule is COC(=O)CCc1c(C(=O)OC)n(C)c2c(-c3c(CI)nn(C)c3C)c(Cl)ccc12. The van der Waals surface area contributed by atoms with Crippen molar-refractivity contribution in [2.24, 2.45) is 14.1 Å². The molecular formula is C21H23ClIN3O4. The number of esters is 2. The van der Waals surface area contributed by atoms with Crippen molar-refractivity contribution in [2.45, 2.75) is 24.2 Å². The molecule has 3 rings (SSSR count). The molecule has 2 heterocycles. The lowest BCUT2D eigenvalue weighted by atomic mass is 9.98. The van der Waals surface area contributed by atoms with E-state index in [1.54, 1.807) is 4.57 Å². The van der Waals surface area contributed by atoms with E-state index < -0.39 is 5.97 Å². The topological polar surface area (TPSA) is 75.4 Å². The average molecular weight is 544 g/mol. The molecule has 3 aromatic rings. The molecule has 0 atom stereocenters. The van der Waals surface area contributed by atoms with Crippen molar-refractivity contribution in [3.8, 4) is 11.1 Å². The number of hydrogen-bond donors (Lipinski definition) is 0. The number of fused-ring (bicyclic) bond motifs is 1. The predicted octanol–water partition coefficient (Wildman–Crippen LogP) is 4.37. The Morgan fingerprint density at radius 2 is 1.87 bits per heavy atom. The molecule has 0 fully saturated rings. The number of carbonyl (C=O) groups is 2. The first kappa shape index (κ1) is 22.6. The van der Waals surface area contributed by atoms with Crippen LogP contribution in [0.4, 0.5) is 0 Å². The highest BCUT2D eigenvalue weighted by Gasteiger charge is 2.27. The van der Waals surface area contributed by atoms with Gasteiger partial charge in [-0.15, -0.1) is 0 Å². The zero-order chi connectivity index (χ0) is 22.2. The second-order valence-electron chi connectivity index (χ2n) is 6.94. The van der Waals surface area contributed by atoms with Gasteiger partial charge < -0.3 is 14.0 Å². The van der Waals surface area contributed by atoms with Gasteiger partial charge in [0.05, 0.1) is 30.5 Å². The van der Waals surface area contributed by atoms with Crippen molar-refractivity contribution >= 4 is 57.0 Å². The Morgan fingerprint density at radius 1 is 1.17 bits per heavy atom. The summed E-state index contributed by atoms with van der Waals surface area (Å²) >= 11 is 8.98. The van der Waals surface area contributed by atoms with Gasteiger partial charge in [-0.3, -0.25) is 9.48 Å². The van der Waals surface area contributed by atoms with Gasteiger partial charge in [-0.1, -0.05) is 40.3 Å². The maximum Gasteiger partial charge on any atom is 0.354 e. The average Bonchev–Trinajstić information content (AvgIpc) is 3.19. The highest BCUT2D eigenvalue weighted by Crippen LogP contribution is 2.42. The number of alkyl halides is 1. The zero-order valence-corrected chi connectivity index (χ0v) is 20.4. The number of rotatable bonds is 6. The summed E-state index contributed by atoms with van der Waals surface area (Å²) in [5.74, 6) is -0.806. The second-order valence-corrected chi connectivity index (χ2v) is 8.11. The first-order valence-electron chi connectivity index (χ1n) is 9.30. The van der Waals surface area contributed by atoms with Crippen LogP contribution in [0, 0.1) is 6.92 Å². The van der Waals surface area contributed by atoms with Crippen molar-refractivity contribution in [3.63, 3.8) is 0 Å². The van der Waals surface area contributed by atoms with Crippen LogP contribution in [0.2, 0.25) is 5.02 Å². The van der Waals surface area contributed by atoms with Crippen molar-refractivity contribution < 1.29 is 19.1 Å². The molecule has 0 saturated carbocycles. The van der Waals surface area contributed by atoms with Gasteiger partial charge in [-0.25, -0.2) is 4.79 Å². The van der Waals surface area contributed by atoms with Crippen molar-refractivity contribution in [2.75, 3.05) is 14.2 Å². The van der Waals surface area contributed by atoms with Crippen LogP contribution in [0.15, 0.2) is 12.1 Å². The number of benzene rings is 1. The summed E-state index contributed by atoms with van der Waals surface area (Å²) in [7, 11) is 6.40. The normalized spacial score (nSPS) is 11.2. The summed E-state index contributed by atoms with van der Waals surface area (Å²) in [5, 5.41) is 6.04. The van der Waals surface area contributed by atoms with Gasteiger partial charge in [-0.05, 0) is 25.0 Å². The third-order valence-electron chi connectivity index (χ3n) is 5.38. The molecule has 0 amide bonds. The number of carbonyl (C=O) groups excluding carboxylic acids is 2. The van der Waals surface area contributed by atoms with Crippen LogP contribution in [-0.4, -0.2) is 40.5 Å². The number of halogens is 2. The molecule has 7 nitrogen and oxygen atoms in total. The fourth-order valence-corrected chi connectivity index (χ4v) is 4.65. The minimum absolute atomic E-state index is 0.155. The van der Waals surface area contributed by atoms with Gasteiger partial charge in [0.15, 0.2) is 0 Å². The molecule has 0 N–H and O–H groups in total. The monoisotopic (exact) mass is 543 g/mol. The van der Waals surface area contributed by atoms with E-state index in [1.165, 1.54) is 14.2 Å². The molecule has 30 heavy (non-hydrogen) atoms. The smallest absolute Gasteiger partial charge is 0.354 e. The summed E-state index contributed by atoms with van der Waals surface area (Å²) < 4.78 is 14.2.